The van der Waals surface area contributed by atoms with Crippen LogP contribution in [0.25, 0.3) is 0 Å². The SMILES string of the molecule is Cc1ccccc1C(=O)Nc1nnc(C(C)N)s1. The fraction of sp³-hybridized carbons (Fsp3) is 0.250. The molecule has 0 aliphatic carbocycles. The summed E-state index contributed by atoms with van der Waals surface area (Å²) in [7, 11) is 0. The van der Waals surface area contributed by atoms with Crippen LogP contribution in [0.2, 0.25) is 0 Å². The molecule has 2 rings (SSSR count). The molecule has 0 saturated heterocycles. The quantitative estimate of drug-likeness (QED) is 0.887. The number of carbonyl (C=O) groups excluding carboxylic acids is 1. The largest absolute Gasteiger partial charge is 0.322 e. The third kappa shape index (κ3) is 2.72. The number of anilines is 1. The van der Waals surface area contributed by atoms with Gasteiger partial charge in [0.1, 0.15) is 5.01 Å². The molecule has 0 aliphatic rings. The van der Waals surface area contributed by atoms with Crippen LogP contribution >= 0.6 is 11.3 Å². The van der Waals surface area contributed by atoms with Crippen molar-refractivity contribution in [3.05, 3.63) is 40.4 Å². The Morgan fingerprint density at radius 2 is 2.11 bits per heavy atom. The van der Waals surface area contributed by atoms with Crippen LogP contribution < -0.4 is 11.1 Å². The Bertz CT molecular complexity index is 565. The molecule has 1 aromatic heterocycles. The van der Waals surface area contributed by atoms with Crippen LogP contribution in [0.3, 0.4) is 0 Å². The van der Waals surface area contributed by atoms with Crippen molar-refractivity contribution in [2.75, 3.05) is 5.32 Å². The molecule has 1 atom stereocenters. The zero-order chi connectivity index (χ0) is 13.1. The molecule has 6 heteroatoms. The molecule has 2 aromatic rings. The van der Waals surface area contributed by atoms with E-state index in [1.807, 2.05) is 32.0 Å². The number of aryl methyl sites for hydroxylation is 1. The Morgan fingerprint density at radius 1 is 1.39 bits per heavy atom. The standard InChI is InChI=1S/C12H14N4OS/c1-7-5-3-4-6-9(7)10(17)14-12-16-15-11(18-12)8(2)13/h3-6,8H,13H2,1-2H3,(H,14,16,17). The molecule has 94 valence electrons. The molecule has 1 heterocycles. The highest BCUT2D eigenvalue weighted by molar-refractivity contribution is 7.15. The van der Waals surface area contributed by atoms with E-state index in [1.165, 1.54) is 11.3 Å². The lowest BCUT2D eigenvalue weighted by atomic mass is 10.1. The number of amides is 1. The van der Waals surface area contributed by atoms with E-state index in [0.29, 0.717) is 15.7 Å². The summed E-state index contributed by atoms with van der Waals surface area (Å²) >= 11 is 1.29. The number of aromatic nitrogens is 2. The van der Waals surface area contributed by atoms with Gasteiger partial charge in [-0.2, -0.15) is 0 Å². The summed E-state index contributed by atoms with van der Waals surface area (Å²) < 4.78 is 0. The fourth-order valence-corrected chi connectivity index (χ4v) is 2.15. The highest BCUT2D eigenvalue weighted by Crippen LogP contribution is 2.20. The second kappa shape index (κ2) is 5.24. The number of hydrogen-bond acceptors (Lipinski definition) is 5. The molecule has 5 nitrogen and oxygen atoms in total. The van der Waals surface area contributed by atoms with Crippen LogP contribution in [-0.4, -0.2) is 16.1 Å². The summed E-state index contributed by atoms with van der Waals surface area (Å²) in [5.74, 6) is -0.180. The number of benzene rings is 1. The van der Waals surface area contributed by atoms with Gasteiger partial charge in [-0.25, -0.2) is 0 Å². The normalized spacial score (nSPS) is 12.2. The predicted octanol–water partition coefficient (Wildman–Crippen LogP) is 2.12. The number of nitrogens with two attached hydrogens (primary N) is 1. The summed E-state index contributed by atoms with van der Waals surface area (Å²) in [4.78, 5) is 12.0. The van der Waals surface area contributed by atoms with Crippen LogP contribution in [0, 0.1) is 6.92 Å². The number of nitrogens with one attached hydrogen (secondary N) is 1. The smallest absolute Gasteiger partial charge is 0.257 e. The first-order valence-corrected chi connectivity index (χ1v) is 6.35. The molecule has 0 saturated carbocycles. The number of nitrogens with zero attached hydrogens (tertiary/aromatic N) is 2. The Hall–Kier alpha value is -1.79. The fourth-order valence-electron chi connectivity index (χ4n) is 1.46. The first kappa shape index (κ1) is 12.7. The molecule has 3 N–H and O–H groups in total. The monoisotopic (exact) mass is 262 g/mol. The number of hydrogen-bond donors (Lipinski definition) is 2. The van der Waals surface area contributed by atoms with E-state index in [4.69, 9.17) is 5.73 Å². The maximum absolute atomic E-state index is 12.0. The zero-order valence-corrected chi connectivity index (χ0v) is 11.0. The zero-order valence-electron chi connectivity index (χ0n) is 10.2. The maximum atomic E-state index is 12.0. The van der Waals surface area contributed by atoms with Gasteiger partial charge in [0.15, 0.2) is 0 Å². The summed E-state index contributed by atoms with van der Waals surface area (Å²) in [5, 5.41) is 11.7. The highest BCUT2D eigenvalue weighted by Gasteiger charge is 2.13. The summed E-state index contributed by atoms with van der Waals surface area (Å²) in [6, 6.07) is 7.22. The Morgan fingerprint density at radius 3 is 2.72 bits per heavy atom. The topological polar surface area (TPSA) is 80.9 Å². The van der Waals surface area contributed by atoms with Gasteiger partial charge in [-0.3, -0.25) is 10.1 Å². The molecule has 0 aliphatic heterocycles. The first-order valence-electron chi connectivity index (χ1n) is 5.54. The van der Waals surface area contributed by atoms with Gasteiger partial charge in [-0.15, -0.1) is 10.2 Å². The lowest BCUT2D eigenvalue weighted by Gasteiger charge is -2.04. The maximum Gasteiger partial charge on any atom is 0.257 e. The van der Waals surface area contributed by atoms with E-state index >= 15 is 0 Å². The third-order valence-electron chi connectivity index (χ3n) is 2.44. The van der Waals surface area contributed by atoms with E-state index in [0.717, 1.165) is 5.56 Å². The van der Waals surface area contributed by atoms with Crippen molar-refractivity contribution in [1.29, 1.82) is 0 Å². The minimum Gasteiger partial charge on any atom is -0.322 e. The van der Waals surface area contributed by atoms with Gasteiger partial charge in [0.2, 0.25) is 5.13 Å². The lowest BCUT2D eigenvalue weighted by Crippen LogP contribution is -2.12. The first-order chi connectivity index (χ1) is 8.58. The van der Waals surface area contributed by atoms with Gasteiger partial charge in [-0.1, -0.05) is 29.5 Å². The van der Waals surface area contributed by atoms with E-state index in [-0.39, 0.29) is 11.9 Å². The van der Waals surface area contributed by atoms with E-state index in [9.17, 15) is 4.79 Å². The van der Waals surface area contributed by atoms with Gasteiger partial charge in [0.05, 0.1) is 6.04 Å². The number of rotatable bonds is 3. The number of carbonyl (C=O) groups is 1. The van der Waals surface area contributed by atoms with Crippen molar-refractivity contribution in [1.82, 2.24) is 10.2 Å². The van der Waals surface area contributed by atoms with Gasteiger partial charge in [-0.05, 0) is 25.5 Å². The molecule has 1 unspecified atom stereocenters. The summed E-state index contributed by atoms with van der Waals surface area (Å²) in [6.07, 6.45) is 0. The second-order valence-corrected chi connectivity index (χ2v) is 5.01. The summed E-state index contributed by atoms with van der Waals surface area (Å²) in [6.45, 7) is 3.72. The molecule has 18 heavy (non-hydrogen) atoms. The Kier molecular flexibility index (Phi) is 3.69. The van der Waals surface area contributed by atoms with Crippen molar-refractivity contribution in [2.45, 2.75) is 19.9 Å². The Labute approximate surface area is 109 Å². The van der Waals surface area contributed by atoms with Crippen LogP contribution in [-0.2, 0) is 0 Å². The minimum atomic E-state index is -0.180. The molecule has 0 fully saturated rings. The molecule has 0 spiro atoms. The summed E-state index contributed by atoms with van der Waals surface area (Å²) in [5.41, 5.74) is 7.25. The average Bonchev–Trinajstić information content (AvgIpc) is 2.78. The van der Waals surface area contributed by atoms with Gasteiger partial charge in [0, 0.05) is 5.56 Å². The van der Waals surface area contributed by atoms with Crippen LogP contribution in [0.5, 0.6) is 0 Å². The molecule has 0 bridgehead atoms. The lowest BCUT2D eigenvalue weighted by molar-refractivity contribution is 0.102. The van der Waals surface area contributed by atoms with Crippen LogP contribution in [0.4, 0.5) is 5.13 Å². The predicted molar refractivity (Wildman–Crippen MR) is 71.6 cm³/mol. The van der Waals surface area contributed by atoms with Crippen molar-refractivity contribution < 1.29 is 4.79 Å². The molecular formula is C12H14N4OS. The van der Waals surface area contributed by atoms with Crippen LogP contribution in [0.1, 0.15) is 33.9 Å². The van der Waals surface area contributed by atoms with Gasteiger partial charge < -0.3 is 5.73 Å². The second-order valence-electron chi connectivity index (χ2n) is 4.00. The third-order valence-corrected chi connectivity index (χ3v) is 3.48. The highest BCUT2D eigenvalue weighted by atomic mass is 32.1. The van der Waals surface area contributed by atoms with Crippen molar-refractivity contribution >= 4 is 22.4 Å². The molecule has 1 aromatic carbocycles. The Balaban J connectivity index is 2.14. The van der Waals surface area contributed by atoms with Crippen molar-refractivity contribution in [3.8, 4) is 0 Å². The van der Waals surface area contributed by atoms with E-state index in [1.54, 1.807) is 6.07 Å². The van der Waals surface area contributed by atoms with Gasteiger partial charge >= 0.3 is 0 Å². The molecule has 0 radical (unpaired) electrons. The molecule has 1 amide bonds. The van der Waals surface area contributed by atoms with E-state index in [2.05, 4.69) is 15.5 Å². The van der Waals surface area contributed by atoms with E-state index < -0.39 is 0 Å². The van der Waals surface area contributed by atoms with Gasteiger partial charge in [0.25, 0.3) is 5.91 Å². The minimum absolute atomic E-state index is 0.174. The average molecular weight is 262 g/mol. The molecular weight excluding hydrogens is 248 g/mol. The van der Waals surface area contributed by atoms with Crippen molar-refractivity contribution in [2.24, 2.45) is 5.73 Å². The van der Waals surface area contributed by atoms with Crippen LogP contribution in [0.15, 0.2) is 24.3 Å². The van der Waals surface area contributed by atoms with Crippen molar-refractivity contribution in [3.63, 3.8) is 0 Å².